The van der Waals surface area contributed by atoms with Gasteiger partial charge in [0.1, 0.15) is 0 Å². The van der Waals surface area contributed by atoms with Gasteiger partial charge in [-0.1, -0.05) is 0 Å². The van der Waals surface area contributed by atoms with Crippen LogP contribution in [0.5, 0.6) is 0 Å². The Labute approximate surface area is 323 Å². The van der Waals surface area contributed by atoms with Crippen molar-refractivity contribution in [2.45, 2.75) is 91.4 Å². The maximum Gasteiger partial charge on any atom is -1.00 e. The molecule has 0 aliphatic heterocycles. The van der Waals surface area contributed by atoms with Gasteiger partial charge in [-0.25, -0.2) is 0 Å². The molecule has 0 bridgehead atoms. The average molecular weight is 835 g/mol. The van der Waals surface area contributed by atoms with Crippen molar-refractivity contribution in [3.63, 3.8) is 0 Å². The third kappa shape index (κ3) is 8.03. The van der Waals surface area contributed by atoms with Gasteiger partial charge in [0.15, 0.2) is 0 Å². The van der Waals surface area contributed by atoms with E-state index in [4.69, 9.17) is 0 Å². The molecule has 4 aromatic carbocycles. The molecule has 0 spiro atoms. The average Bonchev–Trinajstić information content (AvgIpc) is 3.66. The van der Waals surface area contributed by atoms with E-state index in [2.05, 4.69) is 79.7 Å². The van der Waals surface area contributed by atoms with Crippen molar-refractivity contribution >= 4 is 6.48 Å². The molecule has 274 valence electrons. The monoisotopic (exact) mass is 832 g/mol. The Balaban J connectivity index is 0.00000302. The Bertz CT molecular complexity index is 2060. The zero-order valence-corrected chi connectivity index (χ0v) is 34.5. The second kappa shape index (κ2) is 14.8. The van der Waals surface area contributed by atoms with Gasteiger partial charge in [-0.15, -0.1) is 0 Å². The number of benzene rings is 4. The van der Waals surface area contributed by atoms with Crippen LogP contribution in [-0.4, -0.2) is 3.21 Å². The summed E-state index contributed by atoms with van der Waals surface area (Å²) >= 11 is -3.64. The van der Waals surface area contributed by atoms with Gasteiger partial charge in [-0.2, -0.15) is 0 Å². The third-order valence-corrected chi connectivity index (χ3v) is 18.0. The van der Waals surface area contributed by atoms with Crippen molar-refractivity contribution in [1.29, 1.82) is 0 Å². The second-order valence-corrected chi connectivity index (χ2v) is 21.6. The maximum atomic E-state index is 14.2. The van der Waals surface area contributed by atoms with E-state index in [1.54, 1.807) is 12.1 Å². The Hall–Kier alpha value is -2.73. The largest absolute Gasteiger partial charge is 1.00 e. The van der Waals surface area contributed by atoms with E-state index in [0.717, 1.165) is 53.1 Å². The molecule has 52 heavy (non-hydrogen) atoms. The van der Waals surface area contributed by atoms with Crippen LogP contribution in [0, 0.1) is 13.8 Å². The van der Waals surface area contributed by atoms with E-state index in [0.29, 0.717) is 27.2 Å². The first-order chi connectivity index (χ1) is 23.2. The van der Waals surface area contributed by atoms with Crippen molar-refractivity contribution in [2.75, 3.05) is 0 Å². The van der Waals surface area contributed by atoms with Crippen LogP contribution in [0.25, 0.3) is 11.1 Å². The number of allylic oxidation sites excluding steroid dienone is 4. The molecule has 0 aromatic heterocycles. The normalized spacial score (nSPS) is 13.8. The van der Waals surface area contributed by atoms with E-state index < -0.39 is 44.7 Å². The van der Waals surface area contributed by atoms with Crippen molar-refractivity contribution in [2.24, 2.45) is 0 Å². The minimum Gasteiger partial charge on any atom is -1.00 e. The summed E-state index contributed by atoms with van der Waals surface area (Å²) in [6, 6.07) is 17.3. The van der Waals surface area contributed by atoms with Gasteiger partial charge >= 0.3 is 301 Å². The molecule has 0 atom stereocenters. The van der Waals surface area contributed by atoms with Gasteiger partial charge in [-0.05, 0) is 0 Å². The Morgan fingerprint density at radius 2 is 1.17 bits per heavy atom. The fourth-order valence-electron chi connectivity index (χ4n) is 7.78. The van der Waals surface area contributed by atoms with Gasteiger partial charge < -0.3 is 24.8 Å². The molecule has 0 N–H and O–H groups in total. The van der Waals surface area contributed by atoms with Crippen LogP contribution in [-0.2, 0) is 50.9 Å². The van der Waals surface area contributed by atoms with Crippen LogP contribution in [0.2, 0.25) is 0 Å². The predicted molar refractivity (Wildman–Crippen MR) is 189 cm³/mol. The fourth-order valence-corrected chi connectivity index (χ4v) is 16.1. The standard InChI is InChI=1S/C23H29.C15H8F6.C5H5.2ClH.Zr/c1-14-9-16-11-17-10-15(2)21(23(6,7)8)13-19(17)18(16)12-20(14)22(3,4)5;16-14(17,18)12-5-1-3-10(8-12)7-11-4-2-6-13(9-11)15(19,20)21;1-2-4-5-3-1;;;/h9,12-13H,11H2,1-8H3;1-6,8-9H;1-3H,4H2;2*1H;/q;;;;;+2/p-2. The van der Waals surface area contributed by atoms with Crippen LogP contribution in [0.4, 0.5) is 26.3 Å². The summed E-state index contributed by atoms with van der Waals surface area (Å²) in [5.74, 6) is 0. The zero-order chi connectivity index (χ0) is 36.6. The predicted octanol–water partition coefficient (Wildman–Crippen LogP) is 5.87. The summed E-state index contributed by atoms with van der Waals surface area (Å²) in [5, 5.41) is 0. The summed E-state index contributed by atoms with van der Waals surface area (Å²) in [7, 11) is 0. The smallest absolute Gasteiger partial charge is 1.00 e. The van der Waals surface area contributed by atoms with Crippen molar-refractivity contribution in [1.82, 2.24) is 0 Å². The van der Waals surface area contributed by atoms with Gasteiger partial charge in [0.25, 0.3) is 0 Å². The second-order valence-electron chi connectivity index (χ2n) is 15.7. The molecule has 2 aliphatic carbocycles. The number of rotatable bonds is 4. The van der Waals surface area contributed by atoms with Crippen LogP contribution in [0.15, 0.2) is 88.2 Å². The molecule has 0 heterocycles. The van der Waals surface area contributed by atoms with E-state index in [1.165, 1.54) is 34.4 Å². The van der Waals surface area contributed by atoms with E-state index in [9.17, 15) is 26.3 Å². The van der Waals surface area contributed by atoms with Crippen molar-refractivity contribution in [3.8, 4) is 11.1 Å². The van der Waals surface area contributed by atoms with Crippen LogP contribution in [0.1, 0.15) is 104 Å². The summed E-state index contributed by atoms with van der Waals surface area (Å²) < 4.78 is 88.4. The van der Waals surface area contributed by atoms with Crippen LogP contribution in [0.3, 0.4) is 0 Å². The first-order valence-electron chi connectivity index (χ1n) is 16.9. The number of hydrogen-bond donors (Lipinski definition) is 0. The van der Waals surface area contributed by atoms with E-state index in [1.807, 2.05) is 12.2 Å². The molecule has 0 fully saturated rings. The van der Waals surface area contributed by atoms with Gasteiger partial charge in [0, 0.05) is 0 Å². The Morgan fingerprint density at radius 3 is 1.63 bits per heavy atom. The number of aryl methyl sites for hydroxylation is 1. The summed E-state index contributed by atoms with van der Waals surface area (Å²) in [5.41, 5.74) is 8.05. The van der Waals surface area contributed by atoms with Gasteiger partial charge in [0.2, 0.25) is 0 Å². The van der Waals surface area contributed by atoms with Crippen LogP contribution < -0.4 is 28.1 Å². The van der Waals surface area contributed by atoms with Crippen molar-refractivity contribution < 1.29 is 72.4 Å². The molecule has 0 saturated heterocycles. The molecular weight excluding hydrogens is 793 g/mol. The molecule has 2 aliphatic rings. The minimum atomic E-state index is -4.61. The molecular formula is C43H42Cl2F6Zr. The molecule has 0 saturated carbocycles. The SMILES string of the molecule is Cc1cc2c(cc1C(C)(C)C)-c1cc(C(C)(C)C)c(C)[c]([Zr+2]([C]3=CC=CC3)=[C](c3cccc(C(F)(F)F)c3)c3cccc(C(F)(F)F)c3)c1C2.[Cl-].[Cl-]. The third-order valence-electron chi connectivity index (χ3n) is 9.97. The Kier molecular flexibility index (Phi) is 12.0. The fraction of sp³-hybridized carbons (Fsp3) is 0.326. The molecule has 0 amide bonds. The number of hydrogen-bond acceptors (Lipinski definition) is 0. The van der Waals surface area contributed by atoms with E-state index in [-0.39, 0.29) is 35.6 Å². The quantitative estimate of drug-likeness (QED) is 0.199. The number of alkyl halides is 6. The summed E-state index contributed by atoms with van der Waals surface area (Å²) in [6.45, 7) is 17.4. The first-order valence-corrected chi connectivity index (χ1v) is 20.6. The molecule has 0 unspecified atom stereocenters. The minimum absolute atomic E-state index is 0. The molecule has 9 heteroatoms. The zero-order valence-electron chi connectivity index (χ0n) is 30.5. The molecule has 0 radical (unpaired) electrons. The van der Waals surface area contributed by atoms with Gasteiger partial charge in [-0.3, -0.25) is 0 Å². The number of halogens is 8. The maximum absolute atomic E-state index is 14.2. The Morgan fingerprint density at radius 1 is 0.654 bits per heavy atom. The molecule has 4 aromatic rings. The van der Waals surface area contributed by atoms with Gasteiger partial charge in [0.05, 0.1) is 0 Å². The summed E-state index contributed by atoms with van der Waals surface area (Å²) in [4.78, 5) is 0. The topological polar surface area (TPSA) is 0 Å². The molecule has 6 rings (SSSR count). The van der Waals surface area contributed by atoms with Crippen molar-refractivity contribution in [3.05, 3.63) is 144 Å². The van der Waals surface area contributed by atoms with Crippen LogP contribution >= 0.6 is 0 Å². The summed E-state index contributed by atoms with van der Waals surface area (Å²) in [6.07, 6.45) is -1.86. The van der Waals surface area contributed by atoms with E-state index >= 15 is 0 Å². The number of fused-ring (bicyclic) bond motifs is 3. The first kappa shape index (κ1) is 42.0. The molecule has 0 nitrogen and oxygen atoms in total.